The monoisotopic (exact) mass is 252 g/mol. The Kier molecular flexibility index (Phi) is 4.55. The lowest BCUT2D eigenvalue weighted by Crippen LogP contribution is -2.37. The molecule has 2 aliphatic heterocycles. The average molecular weight is 252 g/mol. The smallest absolute Gasteiger partial charge is 0.0507 e. The average Bonchev–Trinajstić information content (AvgIpc) is 3.02. The molecule has 3 rings (SSSR count). The fraction of sp³-hybridized carbons (Fsp3) is 1.00. The van der Waals surface area contributed by atoms with E-state index in [4.69, 9.17) is 4.74 Å². The van der Waals surface area contributed by atoms with Crippen molar-refractivity contribution in [3.8, 4) is 0 Å². The van der Waals surface area contributed by atoms with Gasteiger partial charge in [0.1, 0.15) is 0 Å². The molecule has 0 spiro atoms. The van der Waals surface area contributed by atoms with Crippen LogP contribution in [0.5, 0.6) is 0 Å². The van der Waals surface area contributed by atoms with E-state index in [-0.39, 0.29) is 0 Å². The fourth-order valence-electron chi connectivity index (χ4n) is 3.90. The van der Waals surface area contributed by atoms with Crippen LogP contribution in [0.1, 0.15) is 38.5 Å². The van der Waals surface area contributed by atoms with Gasteiger partial charge < -0.3 is 9.64 Å². The molecule has 0 radical (unpaired) electrons. The summed E-state index contributed by atoms with van der Waals surface area (Å²) in [5.74, 6) is 0.808. The Hall–Kier alpha value is -0.120. The summed E-state index contributed by atoms with van der Waals surface area (Å²) in [5, 5.41) is 0. The van der Waals surface area contributed by atoms with Crippen molar-refractivity contribution in [1.29, 1.82) is 0 Å². The van der Waals surface area contributed by atoms with E-state index in [0.717, 1.165) is 25.2 Å². The Morgan fingerprint density at radius 3 is 2.56 bits per heavy atom. The van der Waals surface area contributed by atoms with Gasteiger partial charge in [0.25, 0.3) is 0 Å². The van der Waals surface area contributed by atoms with Crippen molar-refractivity contribution in [3.05, 3.63) is 0 Å². The third kappa shape index (κ3) is 3.25. The maximum atomic E-state index is 5.50. The van der Waals surface area contributed by atoms with E-state index >= 15 is 0 Å². The van der Waals surface area contributed by atoms with Crippen LogP contribution in [0.2, 0.25) is 0 Å². The Bertz CT molecular complexity index is 247. The van der Waals surface area contributed by atoms with E-state index in [1.54, 1.807) is 0 Å². The molecule has 18 heavy (non-hydrogen) atoms. The zero-order valence-corrected chi connectivity index (χ0v) is 11.6. The fourth-order valence-corrected chi connectivity index (χ4v) is 3.90. The van der Waals surface area contributed by atoms with Crippen LogP contribution in [-0.4, -0.2) is 61.8 Å². The van der Waals surface area contributed by atoms with Crippen molar-refractivity contribution >= 4 is 0 Å². The highest BCUT2D eigenvalue weighted by Gasteiger charge is 2.26. The van der Waals surface area contributed by atoms with Crippen molar-refractivity contribution in [2.45, 2.75) is 44.6 Å². The summed E-state index contributed by atoms with van der Waals surface area (Å²) in [6, 6.07) is 0.916. The molecule has 0 aromatic heterocycles. The van der Waals surface area contributed by atoms with Gasteiger partial charge in [-0.1, -0.05) is 12.8 Å². The number of hydrogen-bond acceptors (Lipinski definition) is 3. The molecule has 3 nitrogen and oxygen atoms in total. The molecule has 3 fully saturated rings. The summed E-state index contributed by atoms with van der Waals surface area (Å²) < 4.78 is 5.50. The van der Waals surface area contributed by atoms with E-state index in [1.165, 1.54) is 71.2 Å². The summed E-state index contributed by atoms with van der Waals surface area (Å²) in [5.41, 5.74) is 0. The molecule has 1 aliphatic carbocycles. The minimum absolute atomic E-state index is 0.808. The Labute approximate surface area is 111 Å². The Morgan fingerprint density at radius 2 is 1.78 bits per heavy atom. The lowest BCUT2D eigenvalue weighted by Gasteiger charge is -2.27. The van der Waals surface area contributed by atoms with Crippen LogP contribution < -0.4 is 0 Å². The molecular formula is C15H28N2O. The summed E-state index contributed by atoms with van der Waals surface area (Å²) in [4.78, 5) is 5.46. The Morgan fingerprint density at radius 1 is 0.889 bits per heavy atom. The number of ether oxygens (including phenoxy) is 1. The quantitative estimate of drug-likeness (QED) is 0.764. The summed E-state index contributed by atoms with van der Waals surface area (Å²) in [7, 11) is 0. The van der Waals surface area contributed by atoms with E-state index < -0.39 is 0 Å². The zero-order valence-electron chi connectivity index (χ0n) is 11.6. The van der Waals surface area contributed by atoms with Gasteiger partial charge >= 0.3 is 0 Å². The van der Waals surface area contributed by atoms with Crippen molar-refractivity contribution in [2.75, 3.05) is 45.9 Å². The summed E-state index contributed by atoms with van der Waals surface area (Å²) >= 11 is 0. The topological polar surface area (TPSA) is 15.7 Å². The van der Waals surface area contributed by atoms with Crippen LogP contribution in [0.25, 0.3) is 0 Å². The largest absolute Gasteiger partial charge is 0.381 e. The molecule has 0 bridgehead atoms. The van der Waals surface area contributed by atoms with E-state index in [9.17, 15) is 0 Å². The first kappa shape index (κ1) is 12.9. The molecule has 1 saturated carbocycles. The second-order valence-corrected chi connectivity index (χ2v) is 6.36. The van der Waals surface area contributed by atoms with Gasteiger partial charge in [-0.05, 0) is 44.7 Å². The molecule has 0 aromatic carbocycles. The van der Waals surface area contributed by atoms with Gasteiger partial charge in [0.05, 0.1) is 6.61 Å². The van der Waals surface area contributed by atoms with Crippen molar-refractivity contribution < 1.29 is 4.74 Å². The third-order valence-electron chi connectivity index (χ3n) is 5.00. The summed E-state index contributed by atoms with van der Waals surface area (Å²) in [6.07, 6.45) is 8.48. The standard InChI is InChI=1S/C15H28N2O/c1-2-5-15(4-1)17-8-3-7-16(9-10-17)12-14-6-11-18-13-14/h14-15H,1-13H2. The van der Waals surface area contributed by atoms with Gasteiger partial charge in [-0.2, -0.15) is 0 Å². The second kappa shape index (κ2) is 6.36. The van der Waals surface area contributed by atoms with Crippen molar-refractivity contribution in [1.82, 2.24) is 9.80 Å². The number of hydrogen-bond donors (Lipinski definition) is 0. The molecular weight excluding hydrogens is 224 g/mol. The first-order valence-electron chi connectivity index (χ1n) is 7.96. The molecule has 0 amide bonds. The molecule has 0 aromatic rings. The van der Waals surface area contributed by atoms with Gasteiger partial charge in [0.15, 0.2) is 0 Å². The number of nitrogens with zero attached hydrogens (tertiary/aromatic N) is 2. The highest BCUT2D eigenvalue weighted by Crippen LogP contribution is 2.24. The second-order valence-electron chi connectivity index (χ2n) is 6.36. The molecule has 1 unspecified atom stereocenters. The third-order valence-corrected chi connectivity index (χ3v) is 5.00. The molecule has 3 heteroatoms. The Balaban J connectivity index is 1.45. The minimum Gasteiger partial charge on any atom is -0.381 e. The maximum Gasteiger partial charge on any atom is 0.0507 e. The van der Waals surface area contributed by atoms with E-state index in [1.807, 2.05) is 0 Å². The molecule has 2 heterocycles. The SMILES string of the molecule is C1CCC(N2CCCN(CC3CCOC3)CC2)C1. The van der Waals surface area contributed by atoms with Crippen LogP contribution in [0.4, 0.5) is 0 Å². The zero-order chi connectivity index (χ0) is 12.2. The minimum atomic E-state index is 0.808. The van der Waals surface area contributed by atoms with Gasteiger partial charge in [0.2, 0.25) is 0 Å². The van der Waals surface area contributed by atoms with Crippen LogP contribution >= 0.6 is 0 Å². The van der Waals surface area contributed by atoms with E-state index in [0.29, 0.717) is 0 Å². The maximum absolute atomic E-state index is 5.50. The molecule has 0 N–H and O–H groups in total. The van der Waals surface area contributed by atoms with Gasteiger partial charge in [-0.15, -0.1) is 0 Å². The van der Waals surface area contributed by atoms with Crippen LogP contribution in [0, 0.1) is 5.92 Å². The van der Waals surface area contributed by atoms with Gasteiger partial charge in [-0.3, -0.25) is 4.90 Å². The predicted octanol–water partition coefficient (Wildman–Crippen LogP) is 1.97. The predicted molar refractivity (Wildman–Crippen MR) is 73.8 cm³/mol. The molecule has 2 saturated heterocycles. The summed E-state index contributed by atoms with van der Waals surface area (Å²) in [6.45, 7) is 8.50. The van der Waals surface area contributed by atoms with Gasteiger partial charge in [0, 0.05) is 32.3 Å². The molecule has 104 valence electrons. The van der Waals surface area contributed by atoms with Crippen LogP contribution in [-0.2, 0) is 4.74 Å². The first-order valence-corrected chi connectivity index (χ1v) is 7.96. The van der Waals surface area contributed by atoms with E-state index in [2.05, 4.69) is 9.80 Å². The highest BCUT2D eigenvalue weighted by molar-refractivity contribution is 4.81. The van der Waals surface area contributed by atoms with Crippen molar-refractivity contribution in [2.24, 2.45) is 5.92 Å². The highest BCUT2D eigenvalue weighted by atomic mass is 16.5. The lowest BCUT2D eigenvalue weighted by atomic mass is 10.1. The lowest BCUT2D eigenvalue weighted by molar-refractivity contribution is 0.164. The van der Waals surface area contributed by atoms with Crippen molar-refractivity contribution in [3.63, 3.8) is 0 Å². The van der Waals surface area contributed by atoms with Crippen LogP contribution in [0.3, 0.4) is 0 Å². The normalized spacial score (nSPS) is 33.0. The van der Waals surface area contributed by atoms with Gasteiger partial charge in [-0.25, -0.2) is 0 Å². The molecule has 1 atom stereocenters. The number of rotatable bonds is 3. The molecule has 3 aliphatic rings. The van der Waals surface area contributed by atoms with Crippen LogP contribution in [0.15, 0.2) is 0 Å². The first-order chi connectivity index (χ1) is 8.92.